The van der Waals surface area contributed by atoms with Gasteiger partial charge >= 0.3 is 6.03 Å². The number of nitrogens with zero attached hydrogens (tertiary/aromatic N) is 1. The standard InChI is InChI=1S/C18H24N2O3/c1-12-5-8-15(11-13(12)2)23-10-4-9-20-16(21)18(3,14-6-7-14)19-17(20)22/h5,8,11,14H,4,6-7,9-10H2,1-3H3,(H,19,22). The first-order valence-corrected chi connectivity index (χ1v) is 8.26. The van der Waals surface area contributed by atoms with E-state index in [-0.39, 0.29) is 11.9 Å². The molecular weight excluding hydrogens is 292 g/mol. The number of aryl methyl sites for hydroxylation is 2. The molecule has 1 N–H and O–H groups in total. The molecule has 5 heteroatoms. The molecule has 1 unspecified atom stereocenters. The molecule has 1 saturated heterocycles. The van der Waals surface area contributed by atoms with E-state index in [1.807, 2.05) is 32.0 Å². The van der Waals surface area contributed by atoms with Crippen LogP contribution in [0.25, 0.3) is 0 Å². The Balaban J connectivity index is 1.49. The molecule has 1 heterocycles. The van der Waals surface area contributed by atoms with E-state index >= 15 is 0 Å². The van der Waals surface area contributed by atoms with Crippen LogP contribution in [0.1, 0.15) is 37.3 Å². The molecule has 1 aliphatic heterocycles. The zero-order valence-corrected chi connectivity index (χ0v) is 14.0. The number of carbonyl (C=O) groups is 2. The number of imide groups is 1. The molecule has 1 saturated carbocycles. The minimum atomic E-state index is -0.688. The van der Waals surface area contributed by atoms with E-state index < -0.39 is 5.54 Å². The van der Waals surface area contributed by atoms with Crippen molar-refractivity contribution in [2.75, 3.05) is 13.2 Å². The molecule has 0 radical (unpaired) electrons. The molecule has 3 amide bonds. The number of rotatable bonds is 6. The summed E-state index contributed by atoms with van der Waals surface area (Å²) in [5.74, 6) is 1.04. The molecule has 23 heavy (non-hydrogen) atoms. The number of hydrogen-bond acceptors (Lipinski definition) is 3. The molecule has 2 fully saturated rings. The molecule has 0 bridgehead atoms. The topological polar surface area (TPSA) is 58.6 Å². The Hall–Kier alpha value is -2.04. The van der Waals surface area contributed by atoms with Crippen LogP contribution in [0.5, 0.6) is 5.75 Å². The minimum Gasteiger partial charge on any atom is -0.494 e. The first-order chi connectivity index (χ1) is 10.9. The van der Waals surface area contributed by atoms with Gasteiger partial charge in [-0.25, -0.2) is 4.79 Å². The maximum atomic E-state index is 12.5. The maximum absolute atomic E-state index is 12.5. The van der Waals surface area contributed by atoms with E-state index in [2.05, 4.69) is 12.2 Å². The Kier molecular flexibility index (Phi) is 4.04. The highest BCUT2D eigenvalue weighted by Crippen LogP contribution is 2.42. The fourth-order valence-electron chi connectivity index (χ4n) is 3.07. The highest BCUT2D eigenvalue weighted by atomic mass is 16.5. The van der Waals surface area contributed by atoms with Gasteiger partial charge in [0.2, 0.25) is 0 Å². The predicted molar refractivity (Wildman–Crippen MR) is 87.4 cm³/mol. The van der Waals surface area contributed by atoms with Crippen molar-refractivity contribution in [3.05, 3.63) is 29.3 Å². The molecular formula is C18H24N2O3. The highest BCUT2D eigenvalue weighted by molar-refractivity contribution is 6.07. The first-order valence-electron chi connectivity index (χ1n) is 8.26. The number of hydrogen-bond donors (Lipinski definition) is 1. The fourth-order valence-corrected chi connectivity index (χ4v) is 3.07. The summed E-state index contributed by atoms with van der Waals surface area (Å²) >= 11 is 0. The Morgan fingerprint density at radius 3 is 2.65 bits per heavy atom. The molecule has 3 rings (SSSR count). The third kappa shape index (κ3) is 3.05. The summed E-state index contributed by atoms with van der Waals surface area (Å²) in [6.07, 6.45) is 2.67. The number of urea groups is 1. The van der Waals surface area contributed by atoms with E-state index in [0.29, 0.717) is 25.5 Å². The van der Waals surface area contributed by atoms with Gasteiger partial charge in [-0.3, -0.25) is 9.69 Å². The quantitative estimate of drug-likeness (QED) is 0.648. The highest BCUT2D eigenvalue weighted by Gasteiger charge is 2.55. The van der Waals surface area contributed by atoms with Crippen LogP contribution in [0, 0.1) is 19.8 Å². The molecule has 0 aromatic heterocycles. The van der Waals surface area contributed by atoms with Crippen molar-refractivity contribution < 1.29 is 14.3 Å². The molecule has 1 aromatic rings. The number of amides is 3. The average Bonchev–Trinajstić information content (AvgIpc) is 3.32. The van der Waals surface area contributed by atoms with Gasteiger partial charge in [0.1, 0.15) is 11.3 Å². The zero-order valence-electron chi connectivity index (χ0n) is 14.0. The molecule has 5 nitrogen and oxygen atoms in total. The second-order valence-electron chi connectivity index (χ2n) is 6.81. The smallest absolute Gasteiger partial charge is 0.325 e. The summed E-state index contributed by atoms with van der Waals surface area (Å²) in [6.45, 7) is 6.84. The predicted octanol–water partition coefficient (Wildman–Crippen LogP) is 2.79. The lowest BCUT2D eigenvalue weighted by molar-refractivity contribution is -0.131. The third-order valence-electron chi connectivity index (χ3n) is 4.97. The van der Waals surface area contributed by atoms with E-state index in [9.17, 15) is 9.59 Å². The molecule has 1 atom stereocenters. The normalized spacial score (nSPS) is 24.0. The molecule has 124 valence electrons. The van der Waals surface area contributed by atoms with Gasteiger partial charge in [0, 0.05) is 6.54 Å². The van der Waals surface area contributed by atoms with Gasteiger partial charge in [-0.2, -0.15) is 0 Å². The lowest BCUT2D eigenvalue weighted by Crippen LogP contribution is -2.46. The van der Waals surface area contributed by atoms with Crippen LogP contribution in [0.3, 0.4) is 0 Å². The molecule has 1 aromatic carbocycles. The van der Waals surface area contributed by atoms with Gasteiger partial charge in [0.05, 0.1) is 6.61 Å². The van der Waals surface area contributed by atoms with Crippen LogP contribution >= 0.6 is 0 Å². The van der Waals surface area contributed by atoms with E-state index in [4.69, 9.17) is 4.74 Å². The van der Waals surface area contributed by atoms with Crippen molar-refractivity contribution in [1.82, 2.24) is 10.2 Å². The number of benzene rings is 1. The number of ether oxygens (including phenoxy) is 1. The van der Waals surface area contributed by atoms with Crippen LogP contribution in [0.2, 0.25) is 0 Å². The van der Waals surface area contributed by atoms with Crippen LogP contribution in [0.15, 0.2) is 18.2 Å². The lowest BCUT2D eigenvalue weighted by atomic mass is 9.96. The number of carbonyl (C=O) groups excluding carboxylic acids is 2. The molecule has 1 aliphatic carbocycles. The second-order valence-corrected chi connectivity index (χ2v) is 6.81. The van der Waals surface area contributed by atoms with Crippen LogP contribution in [-0.2, 0) is 4.79 Å². The Bertz CT molecular complexity index is 639. The summed E-state index contributed by atoms with van der Waals surface area (Å²) < 4.78 is 5.71. The van der Waals surface area contributed by atoms with Gasteiger partial charge in [-0.1, -0.05) is 6.07 Å². The SMILES string of the molecule is Cc1ccc(OCCCN2C(=O)NC(C)(C3CC3)C2=O)cc1C. The van der Waals surface area contributed by atoms with Crippen LogP contribution in [-0.4, -0.2) is 35.5 Å². The Labute approximate surface area is 137 Å². The fraction of sp³-hybridized carbons (Fsp3) is 0.556. The van der Waals surface area contributed by atoms with E-state index in [1.165, 1.54) is 16.0 Å². The summed E-state index contributed by atoms with van der Waals surface area (Å²) in [5.41, 5.74) is 1.74. The van der Waals surface area contributed by atoms with Gasteiger partial charge in [0.15, 0.2) is 0 Å². The van der Waals surface area contributed by atoms with E-state index in [0.717, 1.165) is 18.6 Å². The maximum Gasteiger partial charge on any atom is 0.325 e. The van der Waals surface area contributed by atoms with Crippen molar-refractivity contribution >= 4 is 11.9 Å². The van der Waals surface area contributed by atoms with Crippen molar-refractivity contribution in [3.8, 4) is 5.75 Å². The summed E-state index contributed by atoms with van der Waals surface area (Å²) in [5, 5.41) is 2.86. The average molecular weight is 316 g/mol. The summed E-state index contributed by atoms with van der Waals surface area (Å²) in [7, 11) is 0. The van der Waals surface area contributed by atoms with Crippen LogP contribution in [0.4, 0.5) is 4.79 Å². The van der Waals surface area contributed by atoms with Gasteiger partial charge < -0.3 is 10.1 Å². The Morgan fingerprint density at radius 1 is 1.26 bits per heavy atom. The van der Waals surface area contributed by atoms with Crippen molar-refractivity contribution in [2.24, 2.45) is 5.92 Å². The van der Waals surface area contributed by atoms with Crippen molar-refractivity contribution in [2.45, 2.75) is 45.6 Å². The van der Waals surface area contributed by atoms with Crippen molar-refractivity contribution in [3.63, 3.8) is 0 Å². The number of nitrogens with one attached hydrogen (secondary N) is 1. The Morgan fingerprint density at radius 2 is 2.00 bits per heavy atom. The summed E-state index contributed by atoms with van der Waals surface area (Å²) in [6, 6.07) is 5.71. The van der Waals surface area contributed by atoms with Crippen molar-refractivity contribution in [1.29, 1.82) is 0 Å². The third-order valence-corrected chi connectivity index (χ3v) is 4.97. The molecule has 2 aliphatic rings. The van der Waals surface area contributed by atoms with E-state index in [1.54, 1.807) is 0 Å². The monoisotopic (exact) mass is 316 g/mol. The zero-order chi connectivity index (χ0) is 16.6. The lowest BCUT2D eigenvalue weighted by Gasteiger charge is -2.21. The van der Waals surface area contributed by atoms with Crippen LogP contribution < -0.4 is 10.1 Å². The van der Waals surface area contributed by atoms with Gasteiger partial charge in [-0.05, 0) is 69.2 Å². The summed E-state index contributed by atoms with van der Waals surface area (Å²) in [4.78, 5) is 25.8. The first kappa shape index (κ1) is 15.8. The van der Waals surface area contributed by atoms with Gasteiger partial charge in [0.25, 0.3) is 5.91 Å². The second kappa shape index (κ2) is 5.87. The largest absolute Gasteiger partial charge is 0.494 e. The minimum absolute atomic E-state index is 0.0869. The molecule has 0 spiro atoms. The van der Waals surface area contributed by atoms with Gasteiger partial charge in [-0.15, -0.1) is 0 Å².